The van der Waals surface area contributed by atoms with E-state index < -0.39 is 18.8 Å². The Kier molecular flexibility index (Phi) is 3.82. The zero-order valence-electron chi connectivity index (χ0n) is 9.83. The first-order chi connectivity index (χ1) is 8.94. The van der Waals surface area contributed by atoms with Crippen LogP contribution in [0.4, 0.5) is 13.2 Å². The molecule has 0 aliphatic carbocycles. The molecule has 1 aromatic carbocycles. The van der Waals surface area contributed by atoms with Gasteiger partial charge in [0.05, 0.1) is 6.42 Å². The lowest BCUT2D eigenvalue weighted by molar-refractivity contribution is -0.185. The van der Waals surface area contributed by atoms with Crippen LogP contribution in [0.25, 0.3) is 0 Å². The van der Waals surface area contributed by atoms with Crippen molar-refractivity contribution in [1.29, 1.82) is 0 Å². The van der Waals surface area contributed by atoms with Crippen molar-refractivity contribution in [3.63, 3.8) is 0 Å². The Hall–Kier alpha value is -1.92. The third-order valence-electron chi connectivity index (χ3n) is 2.35. The summed E-state index contributed by atoms with van der Waals surface area (Å²) >= 11 is 0. The smallest absolute Gasteiger partial charge is 0.422 e. The first kappa shape index (κ1) is 13.5. The van der Waals surface area contributed by atoms with E-state index in [1.807, 2.05) is 0 Å². The molecule has 7 heteroatoms. The molecule has 0 aromatic heterocycles. The molecule has 1 aliphatic heterocycles. The quantitative estimate of drug-likeness (QED) is 0.793. The van der Waals surface area contributed by atoms with Crippen LogP contribution in [0.5, 0.6) is 11.5 Å². The van der Waals surface area contributed by atoms with E-state index in [-0.39, 0.29) is 6.42 Å². The number of carbonyl (C=O) groups excluding carboxylic acids is 1. The fraction of sp³-hybridized carbons (Fsp3) is 0.417. The average Bonchev–Trinajstić information content (AvgIpc) is 2.35. The Morgan fingerprint density at radius 2 is 1.89 bits per heavy atom. The molecule has 19 heavy (non-hydrogen) atoms. The highest BCUT2D eigenvalue weighted by atomic mass is 19.4. The van der Waals surface area contributed by atoms with Crippen LogP contribution in [-0.4, -0.2) is 32.0 Å². The second-order valence-electron chi connectivity index (χ2n) is 3.93. The van der Waals surface area contributed by atoms with Gasteiger partial charge in [-0.3, -0.25) is 4.79 Å². The molecular weight excluding hydrogens is 265 g/mol. The second-order valence-corrected chi connectivity index (χ2v) is 3.93. The van der Waals surface area contributed by atoms with Gasteiger partial charge >= 0.3 is 12.1 Å². The normalized spacial score (nSPS) is 14.1. The number of benzene rings is 1. The summed E-state index contributed by atoms with van der Waals surface area (Å²) in [6.45, 7) is -0.731. The number of fused-ring (bicyclic) bond motifs is 1. The molecule has 0 fully saturated rings. The largest absolute Gasteiger partial charge is 0.486 e. The average molecular weight is 276 g/mol. The third kappa shape index (κ3) is 4.04. The molecule has 0 bridgehead atoms. The molecule has 4 nitrogen and oxygen atoms in total. The maximum absolute atomic E-state index is 11.9. The first-order valence-electron chi connectivity index (χ1n) is 5.55. The second kappa shape index (κ2) is 5.38. The van der Waals surface area contributed by atoms with Crippen molar-refractivity contribution >= 4 is 5.97 Å². The Labute approximate surface area is 107 Å². The van der Waals surface area contributed by atoms with Gasteiger partial charge in [-0.2, -0.15) is 13.2 Å². The van der Waals surface area contributed by atoms with E-state index >= 15 is 0 Å². The molecule has 0 N–H and O–H groups in total. The van der Waals surface area contributed by atoms with Crippen LogP contribution in [0, 0.1) is 0 Å². The standard InChI is InChI=1S/C12H11F3O4/c13-12(14,15)7-19-11(16)6-8-1-2-9-10(5-8)18-4-3-17-9/h1-2,5H,3-4,6-7H2. The highest BCUT2D eigenvalue weighted by Crippen LogP contribution is 2.30. The molecule has 0 amide bonds. The van der Waals surface area contributed by atoms with Crippen LogP contribution in [0.15, 0.2) is 18.2 Å². The number of hydrogen-bond acceptors (Lipinski definition) is 4. The van der Waals surface area contributed by atoms with E-state index in [2.05, 4.69) is 4.74 Å². The predicted octanol–water partition coefficient (Wildman–Crippen LogP) is 2.11. The van der Waals surface area contributed by atoms with Crippen LogP contribution in [0.2, 0.25) is 0 Å². The lowest BCUT2D eigenvalue weighted by Crippen LogP contribution is -2.21. The van der Waals surface area contributed by atoms with Crippen LogP contribution in [0.1, 0.15) is 5.56 Å². The van der Waals surface area contributed by atoms with Gasteiger partial charge < -0.3 is 14.2 Å². The minimum absolute atomic E-state index is 0.243. The van der Waals surface area contributed by atoms with Gasteiger partial charge in [0, 0.05) is 0 Å². The summed E-state index contributed by atoms with van der Waals surface area (Å²) in [7, 11) is 0. The van der Waals surface area contributed by atoms with E-state index in [1.165, 1.54) is 0 Å². The van der Waals surface area contributed by atoms with Crippen LogP contribution < -0.4 is 9.47 Å². The minimum atomic E-state index is -4.51. The molecule has 0 radical (unpaired) electrons. The SMILES string of the molecule is O=C(Cc1ccc2c(c1)OCCO2)OCC(F)(F)F. The molecule has 1 heterocycles. The van der Waals surface area contributed by atoms with Crippen molar-refractivity contribution in [2.24, 2.45) is 0 Å². The highest BCUT2D eigenvalue weighted by molar-refractivity contribution is 5.73. The lowest BCUT2D eigenvalue weighted by Gasteiger charge is -2.18. The number of alkyl halides is 3. The summed E-state index contributed by atoms with van der Waals surface area (Å²) in [6, 6.07) is 4.76. The molecule has 0 spiro atoms. The van der Waals surface area contributed by atoms with Crippen LogP contribution >= 0.6 is 0 Å². The highest BCUT2D eigenvalue weighted by Gasteiger charge is 2.29. The van der Waals surface area contributed by atoms with Gasteiger partial charge in [-0.15, -0.1) is 0 Å². The summed E-state index contributed by atoms with van der Waals surface area (Å²) in [6.07, 6.45) is -4.75. The molecule has 0 saturated heterocycles. The molecule has 2 rings (SSSR count). The number of halogens is 3. The first-order valence-corrected chi connectivity index (χ1v) is 5.55. The summed E-state index contributed by atoms with van der Waals surface area (Å²) in [4.78, 5) is 11.2. The van der Waals surface area contributed by atoms with Crippen LogP contribution in [-0.2, 0) is 16.0 Å². The minimum Gasteiger partial charge on any atom is -0.486 e. The van der Waals surface area contributed by atoms with Crippen LogP contribution in [0.3, 0.4) is 0 Å². The molecule has 0 saturated carbocycles. The summed E-state index contributed by atoms with van der Waals surface area (Å²) in [5.74, 6) is 0.0973. The molecule has 0 unspecified atom stereocenters. The molecule has 0 atom stereocenters. The maximum Gasteiger partial charge on any atom is 0.422 e. The van der Waals surface area contributed by atoms with E-state index in [0.717, 1.165) is 0 Å². The zero-order chi connectivity index (χ0) is 13.9. The van der Waals surface area contributed by atoms with Gasteiger partial charge in [0.2, 0.25) is 0 Å². The Morgan fingerprint density at radius 3 is 2.58 bits per heavy atom. The summed E-state index contributed by atoms with van der Waals surface area (Å²) < 4.78 is 50.3. The predicted molar refractivity (Wildman–Crippen MR) is 58.2 cm³/mol. The molecule has 104 valence electrons. The Morgan fingerprint density at radius 1 is 1.21 bits per heavy atom. The monoisotopic (exact) mass is 276 g/mol. The van der Waals surface area contributed by atoms with Gasteiger partial charge in [-0.1, -0.05) is 6.07 Å². The van der Waals surface area contributed by atoms with Gasteiger partial charge in [-0.05, 0) is 17.7 Å². The number of carbonyl (C=O) groups is 1. The van der Waals surface area contributed by atoms with Crippen molar-refractivity contribution in [3.8, 4) is 11.5 Å². The number of ether oxygens (including phenoxy) is 3. The van der Waals surface area contributed by atoms with E-state index in [0.29, 0.717) is 30.3 Å². The van der Waals surface area contributed by atoms with Gasteiger partial charge in [-0.25, -0.2) is 0 Å². The van der Waals surface area contributed by atoms with Crippen molar-refractivity contribution in [3.05, 3.63) is 23.8 Å². The van der Waals surface area contributed by atoms with Gasteiger partial charge in [0.1, 0.15) is 13.2 Å². The summed E-state index contributed by atoms with van der Waals surface area (Å²) in [5.41, 5.74) is 0.511. The number of esters is 1. The van der Waals surface area contributed by atoms with Crippen molar-refractivity contribution < 1.29 is 32.2 Å². The number of hydrogen-bond donors (Lipinski definition) is 0. The number of rotatable bonds is 3. The molecular formula is C12H11F3O4. The lowest BCUT2D eigenvalue weighted by atomic mass is 10.1. The van der Waals surface area contributed by atoms with Gasteiger partial charge in [0.25, 0.3) is 0 Å². The fourth-order valence-electron chi connectivity index (χ4n) is 1.58. The summed E-state index contributed by atoms with van der Waals surface area (Å²) in [5, 5.41) is 0. The van der Waals surface area contributed by atoms with E-state index in [4.69, 9.17) is 9.47 Å². The topological polar surface area (TPSA) is 44.8 Å². The van der Waals surface area contributed by atoms with E-state index in [9.17, 15) is 18.0 Å². The third-order valence-corrected chi connectivity index (χ3v) is 2.35. The van der Waals surface area contributed by atoms with Crippen molar-refractivity contribution in [1.82, 2.24) is 0 Å². The maximum atomic E-state index is 11.9. The molecule has 1 aromatic rings. The zero-order valence-corrected chi connectivity index (χ0v) is 9.83. The van der Waals surface area contributed by atoms with E-state index in [1.54, 1.807) is 18.2 Å². The Bertz CT molecular complexity index is 471. The molecule has 1 aliphatic rings. The van der Waals surface area contributed by atoms with Crippen molar-refractivity contribution in [2.75, 3.05) is 19.8 Å². The van der Waals surface area contributed by atoms with Gasteiger partial charge in [0.15, 0.2) is 18.1 Å². The fourth-order valence-corrected chi connectivity index (χ4v) is 1.58. The Balaban J connectivity index is 1.94. The van der Waals surface area contributed by atoms with Crippen molar-refractivity contribution in [2.45, 2.75) is 12.6 Å².